The van der Waals surface area contributed by atoms with Crippen molar-refractivity contribution in [2.45, 2.75) is 64.8 Å². The van der Waals surface area contributed by atoms with Crippen LogP contribution in [0, 0.1) is 11.3 Å². The maximum atomic E-state index is 5.45. The molecule has 0 aromatic carbocycles. The zero-order valence-corrected chi connectivity index (χ0v) is 12.3. The summed E-state index contributed by atoms with van der Waals surface area (Å²) in [6.07, 6.45) is 5.95. The first-order valence-corrected chi connectivity index (χ1v) is 7.66. The molecule has 0 bridgehead atoms. The van der Waals surface area contributed by atoms with Crippen LogP contribution in [-0.4, -0.2) is 22.7 Å². The quantitative estimate of drug-likeness (QED) is 0.822. The summed E-state index contributed by atoms with van der Waals surface area (Å²) in [6, 6.07) is 0.528. The molecule has 4 nitrogen and oxygen atoms in total. The summed E-state index contributed by atoms with van der Waals surface area (Å²) in [7, 11) is 0. The topological polar surface area (TPSA) is 51.0 Å². The van der Waals surface area contributed by atoms with Crippen LogP contribution in [0.25, 0.3) is 0 Å². The van der Waals surface area contributed by atoms with Crippen LogP contribution < -0.4 is 5.32 Å². The van der Waals surface area contributed by atoms with Gasteiger partial charge in [-0.05, 0) is 43.6 Å². The van der Waals surface area contributed by atoms with Gasteiger partial charge in [0.2, 0.25) is 5.89 Å². The normalized spacial score (nSPS) is 26.4. The zero-order chi connectivity index (χ0) is 13.5. The van der Waals surface area contributed by atoms with E-state index >= 15 is 0 Å². The lowest BCUT2D eigenvalue weighted by Crippen LogP contribution is -2.33. The summed E-state index contributed by atoms with van der Waals surface area (Å²) in [4.78, 5) is 4.61. The predicted octanol–water partition coefficient (Wildman–Crippen LogP) is 2.90. The first-order valence-electron chi connectivity index (χ1n) is 7.66. The maximum Gasteiger partial charge on any atom is 0.228 e. The highest BCUT2D eigenvalue weighted by Gasteiger charge is 2.49. The van der Waals surface area contributed by atoms with Crippen LogP contribution in [0.15, 0.2) is 4.52 Å². The average Bonchev–Trinajstić information content (AvgIpc) is 3.26. The van der Waals surface area contributed by atoms with Gasteiger partial charge in [-0.25, -0.2) is 0 Å². The first-order chi connectivity index (χ1) is 9.10. The van der Waals surface area contributed by atoms with Gasteiger partial charge in [0.15, 0.2) is 5.82 Å². The minimum absolute atomic E-state index is 0.373. The van der Waals surface area contributed by atoms with Crippen molar-refractivity contribution in [1.29, 1.82) is 0 Å². The fraction of sp³-hybridized carbons (Fsp3) is 0.867. The van der Waals surface area contributed by atoms with E-state index in [2.05, 4.69) is 36.2 Å². The molecule has 2 atom stereocenters. The van der Waals surface area contributed by atoms with Gasteiger partial charge in [-0.3, -0.25) is 0 Å². The summed E-state index contributed by atoms with van der Waals surface area (Å²) in [5.41, 5.74) is 0.373. The van der Waals surface area contributed by atoms with Gasteiger partial charge in [0.1, 0.15) is 0 Å². The van der Waals surface area contributed by atoms with E-state index in [4.69, 9.17) is 4.52 Å². The van der Waals surface area contributed by atoms with Gasteiger partial charge in [0.25, 0.3) is 0 Å². The summed E-state index contributed by atoms with van der Waals surface area (Å²) < 4.78 is 5.45. The Bertz CT molecular complexity index is 436. The van der Waals surface area contributed by atoms with Gasteiger partial charge in [-0.1, -0.05) is 25.9 Å². The Hall–Kier alpha value is -0.900. The highest BCUT2D eigenvalue weighted by molar-refractivity contribution is 5.14. The van der Waals surface area contributed by atoms with Crippen molar-refractivity contribution < 1.29 is 4.52 Å². The first kappa shape index (κ1) is 13.1. The highest BCUT2D eigenvalue weighted by Crippen LogP contribution is 2.57. The minimum Gasteiger partial charge on any atom is -0.339 e. The summed E-state index contributed by atoms with van der Waals surface area (Å²) in [5.74, 6) is 3.07. The van der Waals surface area contributed by atoms with Gasteiger partial charge in [-0.2, -0.15) is 4.98 Å². The van der Waals surface area contributed by atoms with Crippen molar-refractivity contribution in [1.82, 2.24) is 15.5 Å². The molecule has 0 saturated heterocycles. The lowest BCUT2D eigenvalue weighted by Gasteiger charge is -2.15. The largest absolute Gasteiger partial charge is 0.339 e. The van der Waals surface area contributed by atoms with E-state index in [0.29, 0.717) is 17.4 Å². The molecular formula is C15H25N3O. The Morgan fingerprint density at radius 1 is 1.42 bits per heavy atom. The van der Waals surface area contributed by atoms with E-state index in [-0.39, 0.29) is 0 Å². The second-order valence-corrected chi connectivity index (χ2v) is 6.89. The molecule has 1 aromatic heterocycles. The van der Waals surface area contributed by atoms with Gasteiger partial charge in [-0.15, -0.1) is 0 Å². The van der Waals surface area contributed by atoms with Crippen LogP contribution in [0.5, 0.6) is 0 Å². The van der Waals surface area contributed by atoms with E-state index in [1.807, 2.05) is 0 Å². The van der Waals surface area contributed by atoms with Crippen molar-refractivity contribution in [2.75, 3.05) is 6.54 Å². The van der Waals surface area contributed by atoms with Gasteiger partial charge < -0.3 is 9.84 Å². The van der Waals surface area contributed by atoms with E-state index in [1.54, 1.807) is 0 Å². The van der Waals surface area contributed by atoms with Crippen molar-refractivity contribution >= 4 is 0 Å². The van der Waals surface area contributed by atoms with Crippen molar-refractivity contribution in [3.05, 3.63) is 11.7 Å². The Morgan fingerprint density at radius 2 is 2.16 bits per heavy atom. The number of aromatic nitrogens is 2. The van der Waals surface area contributed by atoms with Crippen LogP contribution in [0.4, 0.5) is 0 Å². The summed E-state index contributed by atoms with van der Waals surface area (Å²) >= 11 is 0. The average molecular weight is 263 g/mol. The van der Waals surface area contributed by atoms with E-state index < -0.39 is 0 Å². The van der Waals surface area contributed by atoms with Crippen LogP contribution >= 0.6 is 0 Å². The fourth-order valence-corrected chi connectivity index (χ4v) is 2.82. The fourth-order valence-electron chi connectivity index (χ4n) is 2.82. The molecule has 1 aromatic rings. The molecule has 19 heavy (non-hydrogen) atoms. The van der Waals surface area contributed by atoms with E-state index in [9.17, 15) is 0 Å². The highest BCUT2D eigenvalue weighted by atomic mass is 16.5. The number of rotatable bonds is 7. The molecule has 2 aliphatic carbocycles. The summed E-state index contributed by atoms with van der Waals surface area (Å²) in [6.45, 7) is 7.82. The molecule has 1 heterocycles. The SMILES string of the molecule is CCCNC(Cc1nc(C2CC2(C)C)no1)C1CC1. The molecule has 0 radical (unpaired) electrons. The van der Waals surface area contributed by atoms with Crippen molar-refractivity contribution in [3.8, 4) is 0 Å². The Balaban J connectivity index is 1.59. The number of hydrogen-bond acceptors (Lipinski definition) is 4. The van der Waals surface area contributed by atoms with Crippen LogP contribution in [0.2, 0.25) is 0 Å². The van der Waals surface area contributed by atoms with Crippen LogP contribution in [0.1, 0.15) is 64.1 Å². The maximum absolute atomic E-state index is 5.45. The van der Waals surface area contributed by atoms with Gasteiger partial charge >= 0.3 is 0 Å². The number of hydrogen-bond donors (Lipinski definition) is 1. The Labute approximate surface area is 115 Å². The van der Waals surface area contributed by atoms with Crippen molar-refractivity contribution in [3.63, 3.8) is 0 Å². The molecule has 2 fully saturated rings. The van der Waals surface area contributed by atoms with Gasteiger partial charge in [0, 0.05) is 18.4 Å². The molecule has 4 heteroatoms. The monoisotopic (exact) mass is 263 g/mol. The molecule has 3 rings (SSSR count). The minimum atomic E-state index is 0.373. The Morgan fingerprint density at radius 3 is 2.74 bits per heavy atom. The van der Waals surface area contributed by atoms with Crippen LogP contribution in [-0.2, 0) is 6.42 Å². The molecule has 0 aliphatic heterocycles. The second kappa shape index (κ2) is 4.89. The van der Waals surface area contributed by atoms with Crippen molar-refractivity contribution in [2.24, 2.45) is 11.3 Å². The molecule has 0 amide bonds. The molecule has 2 aliphatic rings. The molecule has 2 saturated carbocycles. The van der Waals surface area contributed by atoms with E-state index in [0.717, 1.165) is 30.6 Å². The Kier molecular flexibility index (Phi) is 3.37. The molecule has 1 N–H and O–H groups in total. The standard InChI is InChI=1S/C15H25N3O/c1-4-7-16-12(10-5-6-10)8-13-17-14(18-19-13)11-9-15(11,2)3/h10-12,16H,4-9H2,1-3H3. The smallest absolute Gasteiger partial charge is 0.228 e. The molecular weight excluding hydrogens is 238 g/mol. The third-order valence-electron chi connectivity index (χ3n) is 4.55. The number of nitrogens with zero attached hydrogens (tertiary/aromatic N) is 2. The van der Waals surface area contributed by atoms with E-state index in [1.165, 1.54) is 25.7 Å². The molecule has 106 valence electrons. The molecule has 0 spiro atoms. The zero-order valence-electron chi connectivity index (χ0n) is 12.3. The summed E-state index contributed by atoms with van der Waals surface area (Å²) in [5, 5.41) is 7.80. The van der Waals surface area contributed by atoms with Gasteiger partial charge in [0.05, 0.1) is 0 Å². The second-order valence-electron chi connectivity index (χ2n) is 6.89. The lowest BCUT2D eigenvalue weighted by molar-refractivity contribution is 0.342. The lowest BCUT2D eigenvalue weighted by atomic mass is 10.1. The number of nitrogens with one attached hydrogen (secondary N) is 1. The third-order valence-corrected chi connectivity index (χ3v) is 4.55. The molecule has 2 unspecified atom stereocenters. The predicted molar refractivity (Wildman–Crippen MR) is 73.9 cm³/mol. The third kappa shape index (κ3) is 2.99. The van der Waals surface area contributed by atoms with Crippen LogP contribution in [0.3, 0.4) is 0 Å².